The minimum Gasteiger partial charge on any atom is -0.334 e. The van der Waals surface area contributed by atoms with Crippen molar-refractivity contribution in [3.8, 4) is 0 Å². The number of nitrogens with zero attached hydrogens (tertiary/aromatic N) is 4. The van der Waals surface area contributed by atoms with Crippen LogP contribution in [0.3, 0.4) is 0 Å². The summed E-state index contributed by atoms with van der Waals surface area (Å²) in [4.78, 5) is 30.6. The summed E-state index contributed by atoms with van der Waals surface area (Å²) in [5.41, 5.74) is -0.314. The Bertz CT molecular complexity index is 566. The molecular formula is C13H17ClN4O3. The van der Waals surface area contributed by atoms with Gasteiger partial charge in [0, 0.05) is 19.1 Å². The van der Waals surface area contributed by atoms with E-state index in [0.29, 0.717) is 6.54 Å². The van der Waals surface area contributed by atoms with Crippen molar-refractivity contribution in [1.82, 2.24) is 14.8 Å². The van der Waals surface area contributed by atoms with Gasteiger partial charge in [0.05, 0.1) is 4.92 Å². The summed E-state index contributed by atoms with van der Waals surface area (Å²) < 4.78 is 0. The highest BCUT2D eigenvalue weighted by Crippen LogP contribution is 2.23. The summed E-state index contributed by atoms with van der Waals surface area (Å²) in [6.07, 6.45) is 1.86. The van der Waals surface area contributed by atoms with Gasteiger partial charge in [-0.2, -0.15) is 0 Å². The van der Waals surface area contributed by atoms with Gasteiger partial charge in [0.15, 0.2) is 0 Å². The maximum Gasteiger partial charge on any atom is 0.300 e. The molecule has 1 amide bonds. The zero-order valence-corrected chi connectivity index (χ0v) is 12.7. The Hall–Kier alpha value is -1.73. The third kappa shape index (κ3) is 3.48. The molecule has 2 rings (SSSR count). The summed E-state index contributed by atoms with van der Waals surface area (Å²) >= 11 is 5.78. The third-order valence-corrected chi connectivity index (χ3v) is 3.79. The van der Waals surface area contributed by atoms with Crippen LogP contribution in [0.1, 0.15) is 23.7 Å². The molecule has 1 aromatic rings. The lowest BCUT2D eigenvalue weighted by Crippen LogP contribution is -2.42. The molecule has 0 bridgehead atoms. The van der Waals surface area contributed by atoms with Crippen LogP contribution in [-0.4, -0.2) is 58.3 Å². The maximum absolute atomic E-state index is 12.7. The molecule has 21 heavy (non-hydrogen) atoms. The highest BCUT2D eigenvalue weighted by molar-refractivity contribution is 6.29. The second kappa shape index (κ2) is 6.36. The van der Waals surface area contributed by atoms with Crippen LogP contribution in [0.15, 0.2) is 12.3 Å². The minimum atomic E-state index is -0.606. The summed E-state index contributed by atoms with van der Waals surface area (Å²) in [5, 5.41) is 11.1. The van der Waals surface area contributed by atoms with Crippen LogP contribution >= 0.6 is 11.6 Å². The Morgan fingerprint density at radius 2 is 2.24 bits per heavy atom. The van der Waals surface area contributed by atoms with Crippen molar-refractivity contribution < 1.29 is 9.72 Å². The molecule has 0 N–H and O–H groups in total. The summed E-state index contributed by atoms with van der Waals surface area (Å²) in [7, 11) is 2.00. The Kier molecular flexibility index (Phi) is 4.74. The highest BCUT2D eigenvalue weighted by Gasteiger charge is 2.30. The smallest absolute Gasteiger partial charge is 0.300 e. The van der Waals surface area contributed by atoms with E-state index >= 15 is 0 Å². The average molecular weight is 313 g/mol. The van der Waals surface area contributed by atoms with Gasteiger partial charge in [0.2, 0.25) is 0 Å². The molecule has 1 aliphatic heterocycles. The fourth-order valence-corrected chi connectivity index (χ4v) is 2.73. The van der Waals surface area contributed by atoms with Gasteiger partial charge in [-0.1, -0.05) is 11.6 Å². The van der Waals surface area contributed by atoms with Crippen molar-refractivity contribution in [3.63, 3.8) is 0 Å². The zero-order valence-electron chi connectivity index (χ0n) is 12.0. The molecule has 0 aliphatic carbocycles. The van der Waals surface area contributed by atoms with E-state index < -0.39 is 4.92 Å². The van der Waals surface area contributed by atoms with Crippen LogP contribution in [0.4, 0.5) is 5.69 Å². The van der Waals surface area contributed by atoms with Crippen molar-refractivity contribution in [2.45, 2.75) is 19.4 Å². The van der Waals surface area contributed by atoms with Crippen molar-refractivity contribution in [2.24, 2.45) is 0 Å². The van der Waals surface area contributed by atoms with Gasteiger partial charge in [0.1, 0.15) is 16.9 Å². The number of hydrogen-bond donors (Lipinski definition) is 0. The van der Waals surface area contributed by atoms with Gasteiger partial charge in [-0.05, 0) is 33.0 Å². The third-order valence-electron chi connectivity index (χ3n) is 3.58. The van der Waals surface area contributed by atoms with Crippen LogP contribution in [-0.2, 0) is 0 Å². The number of rotatable bonds is 2. The van der Waals surface area contributed by atoms with Crippen LogP contribution in [0.25, 0.3) is 0 Å². The number of carbonyl (C=O) groups excluding carboxylic acids is 1. The second-order valence-corrected chi connectivity index (χ2v) is 5.63. The van der Waals surface area contributed by atoms with E-state index in [1.54, 1.807) is 4.90 Å². The van der Waals surface area contributed by atoms with E-state index in [0.717, 1.165) is 25.7 Å². The molecule has 0 aromatic carbocycles. The SMILES string of the molecule is CC1CN(C)CCCN1C(=O)c1cc(Cl)ncc1[N+](=O)[O-]. The van der Waals surface area contributed by atoms with E-state index in [1.807, 2.05) is 14.0 Å². The Balaban J connectivity index is 2.34. The number of hydrogen-bond acceptors (Lipinski definition) is 5. The lowest BCUT2D eigenvalue weighted by atomic mass is 10.1. The standard InChI is InChI=1S/C13H17ClN4O3/c1-9-8-16(2)4-3-5-17(9)13(19)10-6-12(14)15-7-11(10)18(20)21/h6-7,9H,3-5,8H2,1-2H3. The Labute approximate surface area is 127 Å². The second-order valence-electron chi connectivity index (χ2n) is 5.24. The molecule has 114 valence electrons. The molecule has 0 radical (unpaired) electrons. The number of halogens is 1. The molecule has 1 aromatic heterocycles. The molecular weight excluding hydrogens is 296 g/mol. The van der Waals surface area contributed by atoms with Crippen molar-refractivity contribution in [2.75, 3.05) is 26.7 Å². The topological polar surface area (TPSA) is 79.6 Å². The normalized spacial score (nSPS) is 20.1. The van der Waals surface area contributed by atoms with Gasteiger partial charge < -0.3 is 9.80 Å². The number of amides is 1. The fourth-order valence-electron chi connectivity index (χ4n) is 2.57. The molecule has 0 saturated carbocycles. The fraction of sp³-hybridized carbons (Fsp3) is 0.538. The van der Waals surface area contributed by atoms with Gasteiger partial charge >= 0.3 is 0 Å². The number of pyridine rings is 1. The quantitative estimate of drug-likeness (QED) is 0.473. The predicted molar refractivity (Wildman–Crippen MR) is 78.5 cm³/mol. The number of nitro groups is 1. The van der Waals surface area contributed by atoms with Crippen LogP contribution < -0.4 is 0 Å². The summed E-state index contributed by atoms with van der Waals surface area (Å²) in [6.45, 7) is 4.14. The zero-order chi connectivity index (χ0) is 15.6. The first-order valence-electron chi connectivity index (χ1n) is 6.69. The van der Waals surface area contributed by atoms with E-state index in [1.165, 1.54) is 6.07 Å². The minimum absolute atomic E-state index is 0.00333. The largest absolute Gasteiger partial charge is 0.334 e. The van der Waals surface area contributed by atoms with Crippen LogP contribution in [0, 0.1) is 10.1 Å². The maximum atomic E-state index is 12.7. The van der Waals surface area contributed by atoms with Gasteiger partial charge in [-0.25, -0.2) is 4.98 Å². The van der Waals surface area contributed by atoms with E-state index in [4.69, 9.17) is 11.6 Å². The van der Waals surface area contributed by atoms with Gasteiger partial charge in [0.25, 0.3) is 11.6 Å². The van der Waals surface area contributed by atoms with Gasteiger partial charge in [-0.15, -0.1) is 0 Å². The molecule has 1 saturated heterocycles. The predicted octanol–water partition coefficient (Wildman–Crippen LogP) is 1.81. The number of aromatic nitrogens is 1. The summed E-state index contributed by atoms with van der Waals surface area (Å²) in [6, 6.07) is 1.25. The first-order chi connectivity index (χ1) is 9.90. The Morgan fingerprint density at radius 1 is 1.52 bits per heavy atom. The molecule has 7 nitrogen and oxygen atoms in total. The molecule has 0 spiro atoms. The van der Waals surface area contributed by atoms with Crippen LogP contribution in [0.5, 0.6) is 0 Å². The lowest BCUT2D eigenvalue weighted by Gasteiger charge is -2.28. The Morgan fingerprint density at radius 3 is 2.90 bits per heavy atom. The first-order valence-corrected chi connectivity index (χ1v) is 7.07. The van der Waals surface area contributed by atoms with Crippen molar-refractivity contribution in [1.29, 1.82) is 0 Å². The van der Waals surface area contributed by atoms with E-state index in [2.05, 4.69) is 9.88 Å². The van der Waals surface area contributed by atoms with Crippen LogP contribution in [0.2, 0.25) is 5.15 Å². The van der Waals surface area contributed by atoms with Crippen molar-refractivity contribution in [3.05, 3.63) is 33.1 Å². The summed E-state index contributed by atoms with van der Waals surface area (Å²) in [5.74, 6) is -0.367. The van der Waals surface area contributed by atoms with Gasteiger partial charge in [-0.3, -0.25) is 14.9 Å². The molecule has 1 aliphatic rings. The lowest BCUT2D eigenvalue weighted by molar-refractivity contribution is -0.385. The molecule has 2 heterocycles. The van der Waals surface area contributed by atoms with E-state index in [9.17, 15) is 14.9 Å². The highest BCUT2D eigenvalue weighted by atomic mass is 35.5. The number of likely N-dealkylation sites (N-methyl/N-ethyl adjacent to an activating group) is 1. The average Bonchev–Trinajstić information content (AvgIpc) is 2.58. The van der Waals surface area contributed by atoms with Crippen molar-refractivity contribution >= 4 is 23.2 Å². The molecule has 1 fully saturated rings. The molecule has 1 atom stereocenters. The monoisotopic (exact) mass is 312 g/mol. The molecule has 1 unspecified atom stereocenters. The first kappa shape index (κ1) is 15.7. The number of carbonyl (C=O) groups is 1. The molecule has 8 heteroatoms. The van der Waals surface area contributed by atoms with E-state index in [-0.39, 0.29) is 28.4 Å².